The van der Waals surface area contributed by atoms with Gasteiger partial charge in [0.05, 0.1) is 11.1 Å². The first-order valence-corrected chi connectivity index (χ1v) is 6.20. The molecule has 1 N–H and O–H groups in total. The smallest absolute Gasteiger partial charge is 0.253 e. The highest BCUT2D eigenvalue weighted by Gasteiger charge is 2.25. The lowest BCUT2D eigenvalue weighted by molar-refractivity contribution is -0.126. The Morgan fingerprint density at radius 1 is 1.28 bits per heavy atom. The fourth-order valence-corrected chi connectivity index (χ4v) is 2.42. The Morgan fingerprint density at radius 2 is 2.06 bits per heavy atom. The molecule has 2 aliphatic heterocycles. The Morgan fingerprint density at radius 3 is 2.83 bits per heavy atom. The summed E-state index contributed by atoms with van der Waals surface area (Å²) >= 11 is 0. The number of carbonyl (C=O) groups excluding carboxylic acids is 1. The molecule has 1 aromatic rings. The largest absolute Gasteiger partial charge is 0.507 e. The van der Waals surface area contributed by atoms with Crippen molar-refractivity contribution in [2.24, 2.45) is 0 Å². The molecule has 0 saturated carbocycles. The van der Waals surface area contributed by atoms with Gasteiger partial charge in [-0.3, -0.25) is 4.79 Å². The predicted molar refractivity (Wildman–Crippen MR) is 67.4 cm³/mol. The molecule has 18 heavy (non-hydrogen) atoms. The van der Waals surface area contributed by atoms with Crippen LogP contribution in [0.4, 0.5) is 0 Å². The SMILES string of the molecule is O=C(C1=Cc2c(O)cccc2OC1)N1CCCC1. The Hall–Kier alpha value is -1.97. The number of amides is 1. The fourth-order valence-electron chi connectivity index (χ4n) is 2.42. The number of phenolic OH excluding ortho intramolecular Hbond substituents is 1. The van der Waals surface area contributed by atoms with Gasteiger partial charge in [-0.2, -0.15) is 0 Å². The minimum atomic E-state index is 0.0291. The molecular weight excluding hydrogens is 230 g/mol. The van der Waals surface area contributed by atoms with E-state index in [2.05, 4.69) is 0 Å². The standard InChI is InChI=1S/C14H15NO3/c16-12-4-3-5-13-11(12)8-10(9-18-13)14(17)15-6-1-2-7-15/h3-5,8,16H,1-2,6-7,9H2. The summed E-state index contributed by atoms with van der Waals surface area (Å²) in [6.07, 6.45) is 3.89. The van der Waals surface area contributed by atoms with Crippen LogP contribution in [0.3, 0.4) is 0 Å². The first-order chi connectivity index (χ1) is 8.75. The van der Waals surface area contributed by atoms with Crippen LogP contribution in [-0.4, -0.2) is 35.6 Å². The summed E-state index contributed by atoms with van der Waals surface area (Å²) in [6, 6.07) is 5.12. The maximum Gasteiger partial charge on any atom is 0.253 e. The summed E-state index contributed by atoms with van der Waals surface area (Å²) in [6.45, 7) is 1.93. The summed E-state index contributed by atoms with van der Waals surface area (Å²) in [4.78, 5) is 14.1. The molecule has 94 valence electrons. The van der Waals surface area contributed by atoms with Crippen LogP contribution >= 0.6 is 0 Å². The van der Waals surface area contributed by atoms with Crippen molar-refractivity contribution in [2.75, 3.05) is 19.7 Å². The minimum absolute atomic E-state index is 0.0291. The number of carbonyl (C=O) groups is 1. The summed E-state index contributed by atoms with van der Waals surface area (Å²) in [5.74, 6) is 0.813. The van der Waals surface area contributed by atoms with Gasteiger partial charge in [0.1, 0.15) is 18.1 Å². The highest BCUT2D eigenvalue weighted by atomic mass is 16.5. The summed E-state index contributed by atoms with van der Waals surface area (Å²) < 4.78 is 5.52. The monoisotopic (exact) mass is 245 g/mol. The summed E-state index contributed by atoms with van der Waals surface area (Å²) in [7, 11) is 0. The van der Waals surface area contributed by atoms with Crippen LogP contribution in [0, 0.1) is 0 Å². The molecule has 4 heteroatoms. The van der Waals surface area contributed by atoms with E-state index in [1.165, 1.54) is 0 Å². The molecule has 0 radical (unpaired) electrons. The van der Waals surface area contributed by atoms with E-state index in [1.807, 2.05) is 4.90 Å². The van der Waals surface area contributed by atoms with Crippen LogP contribution in [0.15, 0.2) is 23.8 Å². The molecule has 0 aliphatic carbocycles. The highest BCUT2D eigenvalue weighted by molar-refractivity contribution is 5.99. The lowest BCUT2D eigenvalue weighted by atomic mass is 10.1. The van der Waals surface area contributed by atoms with Gasteiger partial charge >= 0.3 is 0 Å². The van der Waals surface area contributed by atoms with Gasteiger partial charge in [0.2, 0.25) is 0 Å². The molecule has 0 atom stereocenters. The van der Waals surface area contributed by atoms with Gasteiger partial charge in [-0.15, -0.1) is 0 Å². The number of rotatable bonds is 1. The van der Waals surface area contributed by atoms with Crippen molar-refractivity contribution in [2.45, 2.75) is 12.8 Å². The van der Waals surface area contributed by atoms with Gasteiger partial charge in [0, 0.05) is 13.1 Å². The van der Waals surface area contributed by atoms with E-state index in [0.29, 0.717) is 16.9 Å². The normalized spacial score (nSPS) is 18.0. The van der Waals surface area contributed by atoms with E-state index >= 15 is 0 Å². The molecular formula is C14H15NO3. The second kappa shape index (κ2) is 4.37. The van der Waals surface area contributed by atoms with Gasteiger partial charge in [0.25, 0.3) is 5.91 Å². The van der Waals surface area contributed by atoms with Crippen LogP contribution in [-0.2, 0) is 4.79 Å². The van der Waals surface area contributed by atoms with Crippen molar-refractivity contribution < 1.29 is 14.6 Å². The van der Waals surface area contributed by atoms with Crippen molar-refractivity contribution in [1.82, 2.24) is 4.90 Å². The molecule has 0 unspecified atom stereocenters. The number of aromatic hydroxyl groups is 1. The zero-order valence-electron chi connectivity index (χ0n) is 10.1. The molecule has 0 bridgehead atoms. The van der Waals surface area contributed by atoms with Crippen molar-refractivity contribution in [3.63, 3.8) is 0 Å². The number of nitrogens with zero attached hydrogens (tertiary/aromatic N) is 1. The van der Waals surface area contributed by atoms with E-state index in [-0.39, 0.29) is 18.3 Å². The maximum absolute atomic E-state index is 12.2. The van der Waals surface area contributed by atoms with Gasteiger partial charge in [-0.25, -0.2) is 0 Å². The molecule has 0 spiro atoms. The molecule has 1 aromatic carbocycles. The van der Waals surface area contributed by atoms with Crippen molar-refractivity contribution in [3.8, 4) is 11.5 Å². The maximum atomic E-state index is 12.2. The first-order valence-electron chi connectivity index (χ1n) is 6.20. The second-order valence-corrected chi connectivity index (χ2v) is 4.65. The second-order valence-electron chi connectivity index (χ2n) is 4.65. The first kappa shape index (κ1) is 11.1. The number of benzene rings is 1. The molecule has 1 saturated heterocycles. The average Bonchev–Trinajstić information content (AvgIpc) is 2.92. The topological polar surface area (TPSA) is 49.8 Å². The van der Waals surface area contributed by atoms with Gasteiger partial charge in [-0.1, -0.05) is 6.07 Å². The third kappa shape index (κ3) is 1.83. The van der Waals surface area contributed by atoms with Crippen LogP contribution in [0.25, 0.3) is 6.08 Å². The lowest BCUT2D eigenvalue weighted by Crippen LogP contribution is -2.31. The van der Waals surface area contributed by atoms with Crippen LogP contribution in [0.2, 0.25) is 0 Å². The highest BCUT2D eigenvalue weighted by Crippen LogP contribution is 2.33. The Labute approximate surface area is 105 Å². The average molecular weight is 245 g/mol. The van der Waals surface area contributed by atoms with E-state index < -0.39 is 0 Å². The number of likely N-dealkylation sites (tertiary alicyclic amines) is 1. The van der Waals surface area contributed by atoms with E-state index in [0.717, 1.165) is 25.9 Å². The molecule has 2 heterocycles. The lowest BCUT2D eigenvalue weighted by Gasteiger charge is -2.22. The van der Waals surface area contributed by atoms with Gasteiger partial charge < -0.3 is 14.7 Å². The van der Waals surface area contributed by atoms with Crippen LogP contribution in [0.1, 0.15) is 18.4 Å². The molecule has 2 aliphatic rings. The fraction of sp³-hybridized carbons (Fsp3) is 0.357. The number of ether oxygens (including phenoxy) is 1. The van der Waals surface area contributed by atoms with Gasteiger partial charge in [0.15, 0.2) is 0 Å². The summed E-state index contributed by atoms with van der Waals surface area (Å²) in [5.41, 5.74) is 1.22. The van der Waals surface area contributed by atoms with Crippen molar-refractivity contribution >= 4 is 12.0 Å². The molecule has 3 rings (SSSR count). The van der Waals surface area contributed by atoms with Gasteiger partial charge in [-0.05, 0) is 31.1 Å². The summed E-state index contributed by atoms with van der Waals surface area (Å²) in [5, 5.41) is 9.77. The van der Waals surface area contributed by atoms with Crippen molar-refractivity contribution in [1.29, 1.82) is 0 Å². The minimum Gasteiger partial charge on any atom is -0.507 e. The molecule has 1 amide bonds. The molecule has 0 aromatic heterocycles. The Kier molecular flexibility index (Phi) is 2.70. The van der Waals surface area contributed by atoms with Crippen molar-refractivity contribution in [3.05, 3.63) is 29.3 Å². The molecule has 4 nitrogen and oxygen atoms in total. The van der Waals surface area contributed by atoms with E-state index in [9.17, 15) is 9.90 Å². The van der Waals surface area contributed by atoms with Crippen LogP contribution < -0.4 is 4.74 Å². The van der Waals surface area contributed by atoms with E-state index in [4.69, 9.17) is 4.74 Å². The zero-order valence-corrected chi connectivity index (χ0v) is 10.1. The third-order valence-corrected chi connectivity index (χ3v) is 3.41. The van der Waals surface area contributed by atoms with Crippen LogP contribution in [0.5, 0.6) is 11.5 Å². The predicted octanol–water partition coefficient (Wildman–Crippen LogP) is 1.79. The third-order valence-electron chi connectivity index (χ3n) is 3.41. The quantitative estimate of drug-likeness (QED) is 0.820. The molecule has 1 fully saturated rings. The number of fused-ring (bicyclic) bond motifs is 1. The number of hydrogen-bond donors (Lipinski definition) is 1. The Balaban J connectivity index is 1.91. The van der Waals surface area contributed by atoms with E-state index in [1.54, 1.807) is 24.3 Å². The number of phenols is 1. The number of hydrogen-bond acceptors (Lipinski definition) is 3. The Bertz CT molecular complexity index is 516. The zero-order chi connectivity index (χ0) is 12.5.